The minimum Gasteiger partial charge on any atom is -0.368 e. The van der Waals surface area contributed by atoms with Crippen LogP contribution in [0.2, 0.25) is 0 Å². The Morgan fingerprint density at radius 3 is 2.85 bits per heavy atom. The van der Waals surface area contributed by atoms with Crippen molar-refractivity contribution in [3.8, 4) is 0 Å². The average molecular weight is 369 g/mol. The molecule has 4 nitrogen and oxygen atoms in total. The lowest BCUT2D eigenvalue weighted by Crippen LogP contribution is -2.14. The van der Waals surface area contributed by atoms with Gasteiger partial charge in [0.25, 0.3) is 0 Å². The largest absolute Gasteiger partial charge is 0.368 e. The first-order valence-corrected chi connectivity index (χ1v) is 10.9. The number of para-hydroxylation sites is 1. The molecule has 0 saturated heterocycles. The maximum Gasteiger partial charge on any atom is 0.154 e. The van der Waals surface area contributed by atoms with Gasteiger partial charge in [-0.2, -0.15) is 10.5 Å². The van der Waals surface area contributed by atoms with Gasteiger partial charge in [0.1, 0.15) is 5.82 Å². The molecule has 0 fully saturated rings. The van der Waals surface area contributed by atoms with Crippen LogP contribution in [-0.2, 0) is 0 Å². The molecule has 1 aromatic carbocycles. The van der Waals surface area contributed by atoms with E-state index in [4.69, 9.17) is 5.73 Å². The number of hydrogen-bond donors (Lipinski definition) is 2. The van der Waals surface area contributed by atoms with Crippen LogP contribution in [0.25, 0.3) is 17.0 Å². The van der Waals surface area contributed by atoms with E-state index in [2.05, 4.69) is 46.3 Å². The summed E-state index contributed by atoms with van der Waals surface area (Å²) in [5.74, 6) is 7.50. The molecule has 0 amide bonds. The monoisotopic (exact) mass is 368 g/mol. The van der Waals surface area contributed by atoms with Gasteiger partial charge in [-0.3, -0.25) is 0 Å². The van der Waals surface area contributed by atoms with Crippen LogP contribution in [0, 0.1) is 5.92 Å². The van der Waals surface area contributed by atoms with Gasteiger partial charge in [0.2, 0.25) is 0 Å². The number of nitrogens with one attached hydrogen (secondary N) is 1. The van der Waals surface area contributed by atoms with E-state index in [0.717, 1.165) is 22.5 Å². The fourth-order valence-corrected chi connectivity index (χ4v) is 4.38. The van der Waals surface area contributed by atoms with Crippen molar-refractivity contribution < 1.29 is 0 Å². The van der Waals surface area contributed by atoms with Gasteiger partial charge in [-0.15, -0.1) is 0 Å². The zero-order valence-electron chi connectivity index (χ0n) is 15.4. The molecule has 2 aromatic rings. The number of benzene rings is 1. The molecule has 3 atom stereocenters. The maximum absolute atomic E-state index is 5.63. The molecule has 1 aliphatic carbocycles. The van der Waals surface area contributed by atoms with Crippen LogP contribution in [0.5, 0.6) is 0 Å². The van der Waals surface area contributed by atoms with Crippen LogP contribution in [0.4, 0.5) is 5.82 Å². The van der Waals surface area contributed by atoms with Crippen molar-refractivity contribution in [1.29, 1.82) is 0 Å². The van der Waals surface area contributed by atoms with Gasteiger partial charge in [-0.05, 0) is 42.7 Å². The van der Waals surface area contributed by atoms with E-state index < -0.39 is 0 Å². The summed E-state index contributed by atoms with van der Waals surface area (Å²) >= 11 is 0. The molecule has 5 heteroatoms. The quantitative estimate of drug-likeness (QED) is 0.571. The molecule has 1 aliphatic rings. The molecular formula is C21H28N4S. The van der Waals surface area contributed by atoms with Crippen molar-refractivity contribution >= 4 is 39.2 Å². The number of fused-ring (bicyclic) bond motifs is 1. The Balaban J connectivity index is 1.78. The second kappa shape index (κ2) is 9.10. The maximum atomic E-state index is 5.63. The molecule has 3 unspecified atom stereocenters. The fraction of sp³-hybridized carbons (Fsp3) is 0.381. The Hall–Kier alpha value is -1.98. The van der Waals surface area contributed by atoms with Crippen LogP contribution < -0.4 is 11.1 Å². The van der Waals surface area contributed by atoms with Gasteiger partial charge in [0.05, 0.1) is 5.52 Å². The van der Waals surface area contributed by atoms with Crippen molar-refractivity contribution in [2.24, 2.45) is 11.7 Å². The summed E-state index contributed by atoms with van der Waals surface area (Å²) in [6.45, 7) is 3.49. The summed E-state index contributed by atoms with van der Waals surface area (Å²) in [4.78, 5) is 9.36. The number of aromatic nitrogens is 2. The minimum absolute atomic E-state index is 0.255. The van der Waals surface area contributed by atoms with Crippen molar-refractivity contribution in [2.45, 2.75) is 25.0 Å². The van der Waals surface area contributed by atoms with E-state index in [1.54, 1.807) is 0 Å². The van der Waals surface area contributed by atoms with Gasteiger partial charge in [0, 0.05) is 23.7 Å². The molecule has 3 rings (SSSR count). The summed E-state index contributed by atoms with van der Waals surface area (Å²) in [6.07, 6.45) is 11.3. The van der Waals surface area contributed by atoms with E-state index in [0.29, 0.717) is 24.3 Å². The predicted molar refractivity (Wildman–Crippen MR) is 117 cm³/mol. The smallest absolute Gasteiger partial charge is 0.154 e. The third-order valence-electron chi connectivity index (χ3n) is 4.71. The number of allylic oxidation sites excluding steroid dienone is 2. The highest BCUT2D eigenvalue weighted by Gasteiger charge is 2.15. The molecule has 3 N–H and O–H groups in total. The molecule has 1 heterocycles. The number of nitrogens with zero attached hydrogens (tertiary/aromatic N) is 2. The topological polar surface area (TPSA) is 63.8 Å². The van der Waals surface area contributed by atoms with E-state index >= 15 is 0 Å². The zero-order valence-corrected chi connectivity index (χ0v) is 16.2. The number of hydrogen-bond acceptors (Lipinski definition) is 4. The van der Waals surface area contributed by atoms with Crippen LogP contribution in [0.3, 0.4) is 0 Å². The zero-order chi connectivity index (χ0) is 18.4. The van der Waals surface area contributed by atoms with Crippen molar-refractivity contribution in [2.75, 3.05) is 24.2 Å². The molecule has 0 spiro atoms. The normalized spacial score (nSPS) is 21.3. The Kier molecular flexibility index (Phi) is 6.58. The number of rotatable bonds is 7. The fourth-order valence-electron chi connectivity index (χ4n) is 3.17. The lowest BCUT2D eigenvalue weighted by molar-refractivity contribution is 0.639. The molecular weight excluding hydrogens is 340 g/mol. The third kappa shape index (κ3) is 4.59. The van der Waals surface area contributed by atoms with Crippen molar-refractivity contribution in [1.82, 2.24) is 9.97 Å². The summed E-state index contributed by atoms with van der Waals surface area (Å²) in [5, 5.41) is 4.99. The van der Waals surface area contributed by atoms with Crippen molar-refractivity contribution in [3.05, 3.63) is 48.3 Å². The van der Waals surface area contributed by atoms with E-state index in [9.17, 15) is 0 Å². The summed E-state index contributed by atoms with van der Waals surface area (Å²) in [7, 11) is 0.255. The van der Waals surface area contributed by atoms with Crippen LogP contribution in [0.1, 0.15) is 25.6 Å². The molecule has 0 radical (unpaired) electrons. The first-order chi connectivity index (χ1) is 12.7. The van der Waals surface area contributed by atoms with E-state index in [1.807, 2.05) is 30.3 Å². The first-order valence-electron chi connectivity index (χ1n) is 9.28. The van der Waals surface area contributed by atoms with Crippen molar-refractivity contribution in [3.63, 3.8) is 0 Å². The van der Waals surface area contributed by atoms with Gasteiger partial charge >= 0.3 is 0 Å². The van der Waals surface area contributed by atoms with Crippen LogP contribution in [0.15, 0.2) is 42.5 Å². The average Bonchev–Trinajstić information content (AvgIpc) is 2.70. The van der Waals surface area contributed by atoms with Crippen LogP contribution >= 0.6 is 10.5 Å². The predicted octanol–water partition coefficient (Wildman–Crippen LogP) is 4.07. The standard InChI is InChI=1S/C21H28N4S/c1-3-26(2)17-11-8-16(9-12-17)10-13-20-24-19-7-5-4-6-18(19)21(25-20)23-15-14-22/h4-8,10-11,13,16-17H,2-3,9,12,14-15,22H2,1H3,(H,23,24,25)/b13-10+. The molecule has 0 aliphatic heterocycles. The highest BCUT2D eigenvalue weighted by atomic mass is 32.2. The SMILES string of the molecule is C=S(CC)C1C=CC(/C=C/c2nc(NCCN)c3ccccc3n2)CC1. The summed E-state index contributed by atoms with van der Waals surface area (Å²) in [6, 6.07) is 8.07. The minimum atomic E-state index is 0.255. The number of nitrogens with two attached hydrogens (primary N) is 1. The molecule has 1 aromatic heterocycles. The van der Waals surface area contributed by atoms with E-state index in [1.165, 1.54) is 18.6 Å². The van der Waals surface area contributed by atoms with Gasteiger partial charge in [-0.1, -0.05) is 43.2 Å². The van der Waals surface area contributed by atoms with Gasteiger partial charge in [0.15, 0.2) is 5.82 Å². The second-order valence-electron chi connectivity index (χ2n) is 6.51. The highest BCUT2D eigenvalue weighted by Crippen LogP contribution is 2.30. The molecule has 138 valence electrons. The first kappa shape index (κ1) is 18.8. The summed E-state index contributed by atoms with van der Waals surface area (Å²) < 4.78 is 0. The number of anilines is 1. The van der Waals surface area contributed by atoms with E-state index in [-0.39, 0.29) is 10.5 Å². The highest BCUT2D eigenvalue weighted by molar-refractivity contribution is 8.14. The molecule has 0 bridgehead atoms. The molecule has 0 saturated carbocycles. The van der Waals surface area contributed by atoms with Gasteiger partial charge in [-0.25, -0.2) is 9.97 Å². The Morgan fingerprint density at radius 2 is 2.12 bits per heavy atom. The Bertz CT molecular complexity index is 828. The molecule has 26 heavy (non-hydrogen) atoms. The lowest BCUT2D eigenvalue weighted by atomic mass is 9.95. The summed E-state index contributed by atoms with van der Waals surface area (Å²) in [5.41, 5.74) is 6.57. The second-order valence-corrected chi connectivity index (χ2v) is 8.77. The Morgan fingerprint density at radius 1 is 1.27 bits per heavy atom. The van der Waals surface area contributed by atoms with Gasteiger partial charge < -0.3 is 11.1 Å². The lowest BCUT2D eigenvalue weighted by Gasteiger charge is -2.22. The third-order valence-corrected chi connectivity index (χ3v) is 6.70. The van der Waals surface area contributed by atoms with Crippen LogP contribution in [-0.4, -0.2) is 39.9 Å². The Labute approximate surface area is 158 Å².